The quantitative estimate of drug-likeness (QED) is 0.682. The number of hydrogen-bond acceptors (Lipinski definition) is 4. The zero-order valence-corrected chi connectivity index (χ0v) is 11.0. The molecule has 4 nitrogen and oxygen atoms in total. The molecule has 3 rings (SSSR count). The standard InChI is InChI=1S/C14H11ClN2O2/c1-9-11(7-17-19-9)8-18-12-2-3-13-10(6-12)4-5-16-14(13)15/h2-7H,8H2,1H3. The van der Waals surface area contributed by atoms with Gasteiger partial charge in [0, 0.05) is 11.6 Å². The molecule has 2 heterocycles. The molecule has 0 N–H and O–H groups in total. The maximum absolute atomic E-state index is 6.02. The Balaban J connectivity index is 1.84. The highest BCUT2D eigenvalue weighted by atomic mass is 35.5. The van der Waals surface area contributed by atoms with Crippen LogP contribution in [-0.4, -0.2) is 10.1 Å². The van der Waals surface area contributed by atoms with Gasteiger partial charge in [0.15, 0.2) is 0 Å². The molecular formula is C14H11ClN2O2. The molecule has 0 fully saturated rings. The molecule has 0 saturated heterocycles. The van der Waals surface area contributed by atoms with Gasteiger partial charge < -0.3 is 9.26 Å². The van der Waals surface area contributed by atoms with E-state index in [4.69, 9.17) is 20.9 Å². The van der Waals surface area contributed by atoms with Crippen LogP contribution in [0.5, 0.6) is 5.75 Å². The summed E-state index contributed by atoms with van der Waals surface area (Å²) in [7, 11) is 0. The molecule has 0 aliphatic heterocycles. The van der Waals surface area contributed by atoms with Crippen LogP contribution in [0.2, 0.25) is 5.15 Å². The molecule has 0 atom stereocenters. The van der Waals surface area contributed by atoms with E-state index < -0.39 is 0 Å². The second-order valence-corrected chi connectivity index (χ2v) is 4.54. The molecule has 19 heavy (non-hydrogen) atoms. The fourth-order valence-corrected chi connectivity index (χ4v) is 2.06. The molecule has 0 aliphatic rings. The average molecular weight is 275 g/mol. The van der Waals surface area contributed by atoms with E-state index in [0.717, 1.165) is 27.8 Å². The Hall–Kier alpha value is -2.07. The largest absolute Gasteiger partial charge is 0.489 e. The number of rotatable bonds is 3. The van der Waals surface area contributed by atoms with E-state index in [2.05, 4.69) is 10.1 Å². The van der Waals surface area contributed by atoms with Crippen molar-refractivity contribution in [3.63, 3.8) is 0 Å². The van der Waals surface area contributed by atoms with Crippen LogP contribution < -0.4 is 4.74 Å². The molecule has 5 heteroatoms. The third kappa shape index (κ3) is 2.39. The molecule has 0 amide bonds. The van der Waals surface area contributed by atoms with Crippen molar-refractivity contribution >= 4 is 22.4 Å². The van der Waals surface area contributed by atoms with Gasteiger partial charge in [-0.15, -0.1) is 0 Å². The first-order chi connectivity index (χ1) is 9.24. The van der Waals surface area contributed by atoms with Crippen LogP contribution in [0.4, 0.5) is 0 Å². The number of benzene rings is 1. The Bertz CT molecular complexity index is 724. The van der Waals surface area contributed by atoms with Crippen LogP contribution in [0.1, 0.15) is 11.3 Å². The number of hydrogen-bond donors (Lipinski definition) is 0. The second kappa shape index (κ2) is 4.90. The van der Waals surface area contributed by atoms with Crippen molar-refractivity contribution < 1.29 is 9.26 Å². The Morgan fingerprint density at radius 3 is 3.00 bits per heavy atom. The Morgan fingerprint density at radius 2 is 2.21 bits per heavy atom. The van der Waals surface area contributed by atoms with Gasteiger partial charge in [-0.1, -0.05) is 16.8 Å². The number of ether oxygens (including phenoxy) is 1. The Morgan fingerprint density at radius 1 is 1.32 bits per heavy atom. The monoisotopic (exact) mass is 274 g/mol. The predicted molar refractivity (Wildman–Crippen MR) is 72.3 cm³/mol. The summed E-state index contributed by atoms with van der Waals surface area (Å²) in [5.74, 6) is 1.54. The topological polar surface area (TPSA) is 48.2 Å². The summed E-state index contributed by atoms with van der Waals surface area (Å²) >= 11 is 6.02. The molecule has 1 aromatic carbocycles. The third-order valence-corrected chi connectivity index (χ3v) is 3.23. The number of nitrogens with zero attached hydrogens (tertiary/aromatic N) is 2. The van der Waals surface area contributed by atoms with Crippen molar-refractivity contribution in [2.24, 2.45) is 0 Å². The van der Waals surface area contributed by atoms with Crippen molar-refractivity contribution in [2.75, 3.05) is 0 Å². The average Bonchev–Trinajstić information content (AvgIpc) is 2.82. The first-order valence-corrected chi connectivity index (χ1v) is 6.19. The first-order valence-electron chi connectivity index (χ1n) is 5.81. The van der Waals surface area contributed by atoms with Gasteiger partial charge in [-0.25, -0.2) is 4.98 Å². The zero-order valence-electron chi connectivity index (χ0n) is 10.3. The van der Waals surface area contributed by atoms with Crippen LogP contribution in [0.15, 0.2) is 41.2 Å². The van der Waals surface area contributed by atoms with Crippen molar-refractivity contribution in [3.8, 4) is 5.75 Å². The molecule has 96 valence electrons. The van der Waals surface area contributed by atoms with Crippen LogP contribution in [0.3, 0.4) is 0 Å². The first kappa shape index (κ1) is 12.0. The normalized spacial score (nSPS) is 10.8. The van der Waals surface area contributed by atoms with Gasteiger partial charge in [0.2, 0.25) is 0 Å². The number of halogens is 1. The SMILES string of the molecule is Cc1oncc1COc1ccc2c(Cl)nccc2c1. The van der Waals surface area contributed by atoms with E-state index in [1.165, 1.54) is 0 Å². The van der Waals surface area contributed by atoms with E-state index in [-0.39, 0.29) is 0 Å². The Labute approximate surface area is 115 Å². The summed E-state index contributed by atoms with van der Waals surface area (Å²) < 4.78 is 10.7. The smallest absolute Gasteiger partial charge is 0.140 e. The van der Waals surface area contributed by atoms with Crippen molar-refractivity contribution in [1.29, 1.82) is 0 Å². The lowest BCUT2D eigenvalue weighted by Crippen LogP contribution is -1.95. The molecule has 0 aliphatic carbocycles. The molecule has 0 unspecified atom stereocenters. The molecule has 2 aromatic heterocycles. The van der Waals surface area contributed by atoms with Gasteiger partial charge in [0.25, 0.3) is 0 Å². The summed E-state index contributed by atoms with van der Waals surface area (Å²) in [4.78, 5) is 4.04. The summed E-state index contributed by atoms with van der Waals surface area (Å²) in [5, 5.41) is 6.13. The molecule has 0 saturated carbocycles. The van der Waals surface area contributed by atoms with Crippen molar-refractivity contribution in [2.45, 2.75) is 13.5 Å². The number of fused-ring (bicyclic) bond motifs is 1. The van der Waals surface area contributed by atoms with Gasteiger partial charge in [-0.05, 0) is 36.6 Å². The van der Waals surface area contributed by atoms with E-state index in [1.807, 2.05) is 31.2 Å². The van der Waals surface area contributed by atoms with Crippen molar-refractivity contribution in [3.05, 3.63) is 53.1 Å². The summed E-state index contributed by atoms with van der Waals surface area (Å²) in [5.41, 5.74) is 0.938. The minimum Gasteiger partial charge on any atom is -0.489 e. The van der Waals surface area contributed by atoms with Crippen molar-refractivity contribution in [1.82, 2.24) is 10.1 Å². The van der Waals surface area contributed by atoms with Crippen LogP contribution in [0, 0.1) is 6.92 Å². The second-order valence-electron chi connectivity index (χ2n) is 4.18. The number of aromatic nitrogens is 2. The lowest BCUT2D eigenvalue weighted by molar-refractivity contribution is 0.302. The lowest BCUT2D eigenvalue weighted by Gasteiger charge is -2.06. The molecule has 0 bridgehead atoms. The summed E-state index contributed by atoms with van der Waals surface area (Å²) in [6.07, 6.45) is 3.34. The van der Waals surface area contributed by atoms with Crippen LogP contribution in [0.25, 0.3) is 10.8 Å². The third-order valence-electron chi connectivity index (χ3n) is 2.93. The number of aryl methyl sites for hydroxylation is 1. The highest BCUT2D eigenvalue weighted by Gasteiger charge is 2.05. The molecule has 0 radical (unpaired) electrons. The highest BCUT2D eigenvalue weighted by molar-refractivity contribution is 6.34. The lowest BCUT2D eigenvalue weighted by atomic mass is 10.2. The van der Waals surface area contributed by atoms with Gasteiger partial charge in [-0.3, -0.25) is 0 Å². The van der Waals surface area contributed by atoms with Gasteiger partial charge >= 0.3 is 0 Å². The van der Waals surface area contributed by atoms with E-state index in [0.29, 0.717) is 11.8 Å². The van der Waals surface area contributed by atoms with Crippen LogP contribution >= 0.6 is 11.6 Å². The van der Waals surface area contributed by atoms with Gasteiger partial charge in [0.1, 0.15) is 23.3 Å². The predicted octanol–water partition coefficient (Wildman–Crippen LogP) is 3.76. The molecule has 0 spiro atoms. The molecule has 3 aromatic rings. The minimum atomic E-state index is 0.430. The highest BCUT2D eigenvalue weighted by Crippen LogP contribution is 2.25. The maximum atomic E-state index is 6.02. The summed E-state index contributed by atoms with van der Waals surface area (Å²) in [6.45, 7) is 2.29. The zero-order chi connectivity index (χ0) is 13.2. The fraction of sp³-hybridized carbons (Fsp3) is 0.143. The van der Waals surface area contributed by atoms with Gasteiger partial charge in [-0.2, -0.15) is 0 Å². The maximum Gasteiger partial charge on any atom is 0.140 e. The minimum absolute atomic E-state index is 0.430. The fourth-order valence-electron chi connectivity index (χ4n) is 1.83. The van der Waals surface area contributed by atoms with Crippen LogP contribution in [-0.2, 0) is 6.61 Å². The number of pyridine rings is 1. The Kier molecular flexibility index (Phi) is 3.09. The van der Waals surface area contributed by atoms with E-state index >= 15 is 0 Å². The van der Waals surface area contributed by atoms with E-state index in [9.17, 15) is 0 Å². The molecular weight excluding hydrogens is 264 g/mol. The van der Waals surface area contributed by atoms with E-state index in [1.54, 1.807) is 12.4 Å². The van der Waals surface area contributed by atoms with Gasteiger partial charge in [0.05, 0.1) is 11.8 Å². The summed E-state index contributed by atoms with van der Waals surface area (Å²) in [6, 6.07) is 7.61.